The lowest BCUT2D eigenvalue weighted by atomic mass is 9.68. The molecule has 0 bridgehead atoms. The van der Waals surface area contributed by atoms with Crippen LogP contribution in [0.1, 0.15) is 32.1 Å². The maximum absolute atomic E-state index is 11.2. The number of amides is 1. The lowest BCUT2D eigenvalue weighted by Crippen LogP contribution is -2.37. The summed E-state index contributed by atoms with van der Waals surface area (Å²) in [6.07, 6.45) is 3.91. The fourth-order valence-electron chi connectivity index (χ4n) is 3.22. The molecule has 1 spiro atoms. The highest BCUT2D eigenvalue weighted by Gasteiger charge is 2.51. The molecular formula is C11H17NO4. The quantitative estimate of drug-likeness (QED) is 0.713. The lowest BCUT2D eigenvalue weighted by Gasteiger charge is -2.36. The van der Waals surface area contributed by atoms with Gasteiger partial charge in [-0.2, -0.15) is 0 Å². The van der Waals surface area contributed by atoms with Gasteiger partial charge in [0, 0.05) is 18.5 Å². The van der Waals surface area contributed by atoms with E-state index >= 15 is 0 Å². The fourth-order valence-corrected chi connectivity index (χ4v) is 3.22. The van der Waals surface area contributed by atoms with Gasteiger partial charge in [0.05, 0.1) is 5.92 Å². The van der Waals surface area contributed by atoms with Crippen molar-refractivity contribution in [2.24, 2.45) is 11.3 Å². The monoisotopic (exact) mass is 227 g/mol. The Balaban J connectivity index is 2.20. The number of aliphatic carboxylic acids is 1. The summed E-state index contributed by atoms with van der Waals surface area (Å²) in [4.78, 5) is 23.4. The van der Waals surface area contributed by atoms with Crippen LogP contribution in [0, 0.1) is 11.3 Å². The summed E-state index contributed by atoms with van der Waals surface area (Å²) in [6.45, 7) is 0.559. The summed E-state index contributed by atoms with van der Waals surface area (Å²) in [5, 5.41) is 18.2. The molecule has 2 fully saturated rings. The number of likely N-dealkylation sites (tertiary alicyclic amines) is 1. The van der Waals surface area contributed by atoms with Gasteiger partial charge >= 0.3 is 12.1 Å². The molecule has 1 atom stereocenters. The van der Waals surface area contributed by atoms with Gasteiger partial charge in [0.1, 0.15) is 0 Å². The van der Waals surface area contributed by atoms with Crippen LogP contribution >= 0.6 is 0 Å². The predicted molar refractivity (Wildman–Crippen MR) is 56.2 cm³/mol. The highest BCUT2D eigenvalue weighted by Crippen LogP contribution is 2.47. The largest absolute Gasteiger partial charge is 0.481 e. The zero-order valence-corrected chi connectivity index (χ0v) is 9.19. The van der Waals surface area contributed by atoms with Gasteiger partial charge in [-0.05, 0) is 12.8 Å². The third-order valence-electron chi connectivity index (χ3n) is 4.07. The second kappa shape index (κ2) is 3.96. The van der Waals surface area contributed by atoms with Gasteiger partial charge in [-0.15, -0.1) is 0 Å². The number of carboxylic acids is 1. The highest BCUT2D eigenvalue weighted by atomic mass is 16.4. The van der Waals surface area contributed by atoms with Gasteiger partial charge in [-0.1, -0.05) is 19.3 Å². The molecule has 1 unspecified atom stereocenters. The molecule has 1 aliphatic heterocycles. The van der Waals surface area contributed by atoms with E-state index in [0.717, 1.165) is 32.1 Å². The third-order valence-corrected chi connectivity index (χ3v) is 4.07. The Morgan fingerprint density at radius 2 is 1.75 bits per heavy atom. The van der Waals surface area contributed by atoms with Gasteiger partial charge < -0.3 is 15.1 Å². The lowest BCUT2D eigenvalue weighted by molar-refractivity contribution is -0.145. The van der Waals surface area contributed by atoms with Crippen LogP contribution in [0.3, 0.4) is 0 Å². The first-order valence-electron chi connectivity index (χ1n) is 5.76. The smallest absolute Gasteiger partial charge is 0.407 e. The van der Waals surface area contributed by atoms with Crippen molar-refractivity contribution in [3.63, 3.8) is 0 Å². The molecule has 0 aromatic rings. The Kier molecular flexibility index (Phi) is 2.78. The molecule has 2 N–H and O–H groups in total. The molecule has 1 amide bonds. The number of carbonyl (C=O) groups is 2. The minimum Gasteiger partial charge on any atom is -0.481 e. The summed E-state index contributed by atoms with van der Waals surface area (Å²) in [5.41, 5.74) is -0.289. The number of hydrogen-bond donors (Lipinski definition) is 2. The van der Waals surface area contributed by atoms with Crippen LogP contribution in [0.15, 0.2) is 0 Å². The molecule has 2 rings (SSSR count). The van der Waals surface area contributed by atoms with E-state index in [1.807, 2.05) is 0 Å². The Morgan fingerprint density at radius 1 is 1.12 bits per heavy atom. The zero-order chi connectivity index (χ0) is 11.8. The number of hydrogen-bond acceptors (Lipinski definition) is 2. The van der Waals surface area contributed by atoms with Crippen molar-refractivity contribution in [1.29, 1.82) is 0 Å². The van der Waals surface area contributed by atoms with Crippen LogP contribution in [-0.4, -0.2) is 40.3 Å². The van der Waals surface area contributed by atoms with Crippen molar-refractivity contribution < 1.29 is 19.8 Å². The van der Waals surface area contributed by atoms with Crippen molar-refractivity contribution in [3.05, 3.63) is 0 Å². The van der Waals surface area contributed by atoms with E-state index in [4.69, 9.17) is 5.11 Å². The summed E-state index contributed by atoms with van der Waals surface area (Å²) < 4.78 is 0. The number of carboxylic acid groups (broad SMARTS) is 2. The molecule has 0 aromatic carbocycles. The first-order chi connectivity index (χ1) is 7.55. The maximum atomic E-state index is 11.2. The highest BCUT2D eigenvalue weighted by molar-refractivity contribution is 5.74. The van der Waals surface area contributed by atoms with Crippen LogP contribution in [0.4, 0.5) is 4.79 Å². The van der Waals surface area contributed by atoms with E-state index in [2.05, 4.69) is 0 Å². The zero-order valence-electron chi connectivity index (χ0n) is 9.19. The van der Waals surface area contributed by atoms with Crippen LogP contribution in [0.2, 0.25) is 0 Å². The third kappa shape index (κ3) is 1.74. The molecule has 5 nitrogen and oxygen atoms in total. The Labute approximate surface area is 94.0 Å². The Morgan fingerprint density at radius 3 is 2.25 bits per heavy atom. The van der Waals surface area contributed by atoms with E-state index in [0.29, 0.717) is 6.54 Å². The predicted octanol–water partition coefficient (Wildman–Crippen LogP) is 1.63. The van der Waals surface area contributed by atoms with Gasteiger partial charge in [0.15, 0.2) is 0 Å². The van der Waals surface area contributed by atoms with Crippen molar-refractivity contribution in [1.82, 2.24) is 4.90 Å². The van der Waals surface area contributed by atoms with E-state index in [1.54, 1.807) is 0 Å². The summed E-state index contributed by atoms with van der Waals surface area (Å²) in [7, 11) is 0. The molecule has 1 saturated heterocycles. The minimum absolute atomic E-state index is 0.157. The van der Waals surface area contributed by atoms with Gasteiger partial charge in [-0.25, -0.2) is 4.79 Å². The first kappa shape index (κ1) is 11.2. The molecular weight excluding hydrogens is 210 g/mol. The molecule has 1 aliphatic carbocycles. The van der Waals surface area contributed by atoms with E-state index in [1.165, 1.54) is 4.90 Å². The molecule has 1 heterocycles. The van der Waals surface area contributed by atoms with Crippen LogP contribution in [-0.2, 0) is 4.79 Å². The molecule has 16 heavy (non-hydrogen) atoms. The van der Waals surface area contributed by atoms with Gasteiger partial charge in [-0.3, -0.25) is 4.79 Å². The Hall–Kier alpha value is -1.26. The second-order valence-electron chi connectivity index (χ2n) is 4.98. The van der Waals surface area contributed by atoms with Crippen molar-refractivity contribution in [2.75, 3.05) is 13.1 Å². The van der Waals surface area contributed by atoms with Gasteiger partial charge in [0.25, 0.3) is 0 Å². The second-order valence-corrected chi connectivity index (χ2v) is 4.98. The minimum atomic E-state index is -0.992. The van der Waals surface area contributed by atoms with Crippen LogP contribution in [0.5, 0.6) is 0 Å². The van der Waals surface area contributed by atoms with E-state index < -0.39 is 18.0 Å². The first-order valence-corrected chi connectivity index (χ1v) is 5.76. The summed E-state index contributed by atoms with van der Waals surface area (Å²) >= 11 is 0. The standard InChI is InChI=1S/C11H17NO4/c13-9(14)8-6-12(10(15)16)7-11(8)4-2-1-3-5-11/h8H,1-7H2,(H,13,14)(H,15,16). The fraction of sp³-hybridized carbons (Fsp3) is 0.818. The van der Waals surface area contributed by atoms with Crippen molar-refractivity contribution >= 4 is 12.1 Å². The molecule has 0 aromatic heterocycles. The average Bonchev–Trinajstić information content (AvgIpc) is 2.59. The van der Waals surface area contributed by atoms with Crippen LogP contribution in [0.25, 0.3) is 0 Å². The van der Waals surface area contributed by atoms with E-state index in [-0.39, 0.29) is 12.0 Å². The SMILES string of the molecule is O=C(O)C1CN(C(=O)O)CC12CCCCC2. The number of nitrogens with zero attached hydrogens (tertiary/aromatic N) is 1. The number of rotatable bonds is 1. The molecule has 90 valence electrons. The molecule has 5 heteroatoms. The molecule has 0 radical (unpaired) electrons. The van der Waals surface area contributed by atoms with E-state index in [9.17, 15) is 14.7 Å². The van der Waals surface area contributed by atoms with Gasteiger partial charge in [0.2, 0.25) is 0 Å². The summed E-state index contributed by atoms with van der Waals surface area (Å²) in [5.74, 6) is -1.35. The molecule has 2 aliphatic rings. The topological polar surface area (TPSA) is 77.8 Å². The Bertz CT molecular complexity index is 309. The molecule has 1 saturated carbocycles. The summed E-state index contributed by atoms with van der Waals surface area (Å²) in [6, 6.07) is 0. The van der Waals surface area contributed by atoms with Crippen molar-refractivity contribution in [3.8, 4) is 0 Å². The van der Waals surface area contributed by atoms with Crippen LogP contribution < -0.4 is 0 Å². The van der Waals surface area contributed by atoms with Crippen molar-refractivity contribution in [2.45, 2.75) is 32.1 Å². The maximum Gasteiger partial charge on any atom is 0.407 e. The average molecular weight is 227 g/mol. The normalized spacial score (nSPS) is 28.2.